The Morgan fingerprint density at radius 3 is 3.00 bits per heavy atom. The molecule has 1 heterocycles. The molecule has 0 aliphatic carbocycles. The fourth-order valence-corrected chi connectivity index (χ4v) is 1.60. The van der Waals surface area contributed by atoms with Gasteiger partial charge in [-0.05, 0) is 30.4 Å². The van der Waals surface area contributed by atoms with Crippen LogP contribution < -0.4 is 5.32 Å². The van der Waals surface area contributed by atoms with Crippen LogP contribution in [0.1, 0.15) is 0 Å². The highest BCUT2D eigenvalue weighted by Crippen LogP contribution is 2.36. The van der Waals surface area contributed by atoms with E-state index < -0.39 is 0 Å². The monoisotopic (exact) mass is 268 g/mol. The maximum atomic E-state index is 9.69. The molecule has 0 bridgehead atoms. The van der Waals surface area contributed by atoms with Crippen molar-refractivity contribution in [2.24, 2.45) is 10.2 Å². The van der Waals surface area contributed by atoms with E-state index in [0.29, 0.717) is 16.1 Å². The molecule has 0 aliphatic heterocycles. The Morgan fingerprint density at radius 2 is 2.29 bits per heavy atom. The minimum absolute atomic E-state index is 0.0649. The SMILES string of the molecule is CNC(=S)N=Nc1c(O)[nH]c2ccc(Cl)cc12. The first-order chi connectivity index (χ1) is 8.11. The van der Waals surface area contributed by atoms with Crippen molar-refractivity contribution < 1.29 is 5.11 Å². The summed E-state index contributed by atoms with van der Waals surface area (Å²) in [5.41, 5.74) is 1.05. The summed E-state index contributed by atoms with van der Waals surface area (Å²) in [6, 6.07) is 5.18. The average molecular weight is 269 g/mol. The Labute approximate surface area is 108 Å². The maximum Gasteiger partial charge on any atom is 0.218 e. The molecule has 88 valence electrons. The van der Waals surface area contributed by atoms with E-state index in [1.807, 2.05) is 0 Å². The standard InChI is InChI=1S/C10H9ClN4OS/c1-12-10(17)15-14-8-6-4-5(11)2-3-7(6)13-9(8)16/h2-4,13,16H,1H3,(H,12,17). The number of halogens is 1. The van der Waals surface area contributed by atoms with Gasteiger partial charge in [-0.3, -0.25) is 0 Å². The lowest BCUT2D eigenvalue weighted by atomic mass is 10.2. The Balaban J connectivity index is 2.52. The van der Waals surface area contributed by atoms with Crippen molar-refractivity contribution in [3.8, 4) is 5.88 Å². The molecule has 0 fully saturated rings. The Hall–Kier alpha value is -1.66. The number of rotatable bonds is 1. The zero-order valence-corrected chi connectivity index (χ0v) is 10.4. The normalized spacial score (nSPS) is 11.2. The van der Waals surface area contributed by atoms with Gasteiger partial charge in [0.1, 0.15) is 0 Å². The molecule has 0 aliphatic rings. The number of fused-ring (bicyclic) bond motifs is 1. The number of aromatic nitrogens is 1. The Morgan fingerprint density at radius 1 is 1.53 bits per heavy atom. The van der Waals surface area contributed by atoms with Crippen LogP contribution in [0.3, 0.4) is 0 Å². The third kappa shape index (κ3) is 2.37. The minimum Gasteiger partial charge on any atom is -0.493 e. The molecule has 3 N–H and O–H groups in total. The lowest BCUT2D eigenvalue weighted by Crippen LogP contribution is -2.11. The zero-order chi connectivity index (χ0) is 12.4. The van der Waals surface area contributed by atoms with Gasteiger partial charge >= 0.3 is 0 Å². The predicted octanol–water partition coefficient (Wildman–Crippen LogP) is 3.11. The first-order valence-corrected chi connectivity index (χ1v) is 5.54. The lowest BCUT2D eigenvalue weighted by Gasteiger charge is -1.94. The van der Waals surface area contributed by atoms with Gasteiger partial charge < -0.3 is 15.4 Å². The van der Waals surface area contributed by atoms with Gasteiger partial charge in [-0.2, -0.15) is 0 Å². The first kappa shape index (κ1) is 11.8. The number of H-pyrrole nitrogens is 1. The molecule has 0 amide bonds. The summed E-state index contributed by atoms with van der Waals surface area (Å²) in [5, 5.41) is 21.5. The third-order valence-corrected chi connectivity index (χ3v) is 2.69. The average Bonchev–Trinajstić information content (AvgIpc) is 2.61. The summed E-state index contributed by atoms with van der Waals surface area (Å²) in [7, 11) is 1.65. The summed E-state index contributed by atoms with van der Waals surface area (Å²) in [5.74, 6) is -0.0649. The summed E-state index contributed by atoms with van der Waals surface area (Å²) in [6.07, 6.45) is 0. The van der Waals surface area contributed by atoms with Crippen LogP contribution in [-0.2, 0) is 0 Å². The second kappa shape index (κ2) is 4.68. The highest BCUT2D eigenvalue weighted by molar-refractivity contribution is 7.80. The molecule has 1 aromatic carbocycles. The van der Waals surface area contributed by atoms with E-state index in [2.05, 4.69) is 20.5 Å². The number of aromatic hydroxyl groups is 1. The number of hydrogen-bond donors (Lipinski definition) is 3. The second-order valence-corrected chi connectivity index (χ2v) is 4.09. The van der Waals surface area contributed by atoms with Gasteiger partial charge in [0, 0.05) is 17.5 Å². The molecule has 0 unspecified atom stereocenters. The van der Waals surface area contributed by atoms with Crippen molar-refractivity contribution >= 4 is 45.5 Å². The number of benzene rings is 1. The smallest absolute Gasteiger partial charge is 0.218 e. The number of nitrogens with zero attached hydrogens (tertiary/aromatic N) is 2. The van der Waals surface area contributed by atoms with Crippen LogP contribution in [0.5, 0.6) is 5.88 Å². The van der Waals surface area contributed by atoms with E-state index in [9.17, 15) is 5.11 Å². The second-order valence-electron chi connectivity index (χ2n) is 3.27. The van der Waals surface area contributed by atoms with Crippen LogP contribution in [0.4, 0.5) is 5.69 Å². The van der Waals surface area contributed by atoms with Crippen LogP contribution in [0.25, 0.3) is 10.9 Å². The molecule has 5 nitrogen and oxygen atoms in total. The van der Waals surface area contributed by atoms with Crippen LogP contribution in [0.2, 0.25) is 5.02 Å². The Kier molecular flexibility index (Phi) is 3.26. The minimum atomic E-state index is -0.0649. The highest BCUT2D eigenvalue weighted by Gasteiger charge is 2.10. The molecule has 0 spiro atoms. The molecule has 2 rings (SSSR count). The topological polar surface area (TPSA) is 72.8 Å². The van der Waals surface area contributed by atoms with Gasteiger partial charge in [0.15, 0.2) is 5.69 Å². The summed E-state index contributed by atoms with van der Waals surface area (Å²) >= 11 is 10.7. The van der Waals surface area contributed by atoms with Crippen molar-refractivity contribution in [3.63, 3.8) is 0 Å². The molecule has 0 atom stereocenters. The predicted molar refractivity (Wildman–Crippen MR) is 71.1 cm³/mol. The molecule has 0 saturated heterocycles. The quantitative estimate of drug-likeness (QED) is 0.550. The molecule has 7 heteroatoms. The molecule has 2 aromatic rings. The molecule has 17 heavy (non-hydrogen) atoms. The van der Waals surface area contributed by atoms with E-state index in [0.717, 1.165) is 5.52 Å². The fraction of sp³-hybridized carbons (Fsp3) is 0.100. The van der Waals surface area contributed by atoms with E-state index in [1.165, 1.54) is 0 Å². The van der Waals surface area contributed by atoms with Crippen molar-refractivity contribution in [1.82, 2.24) is 10.3 Å². The van der Waals surface area contributed by atoms with Crippen molar-refractivity contribution in [1.29, 1.82) is 0 Å². The molecular weight excluding hydrogens is 260 g/mol. The molecule has 1 aromatic heterocycles. The van der Waals surface area contributed by atoms with Gasteiger partial charge in [-0.1, -0.05) is 11.6 Å². The van der Waals surface area contributed by atoms with E-state index in [1.54, 1.807) is 25.2 Å². The number of aromatic amines is 1. The number of thiocarbonyl (C=S) groups is 1. The van der Waals surface area contributed by atoms with Gasteiger partial charge in [0.05, 0.1) is 5.52 Å². The first-order valence-electron chi connectivity index (χ1n) is 4.75. The summed E-state index contributed by atoms with van der Waals surface area (Å²) < 4.78 is 0. The molecular formula is C10H9ClN4OS. The molecule has 0 saturated carbocycles. The maximum absolute atomic E-state index is 9.69. The number of hydrogen-bond acceptors (Lipinski definition) is 3. The summed E-state index contributed by atoms with van der Waals surface area (Å²) in [6.45, 7) is 0. The zero-order valence-electron chi connectivity index (χ0n) is 8.86. The van der Waals surface area contributed by atoms with Gasteiger partial charge in [0.2, 0.25) is 11.0 Å². The van der Waals surface area contributed by atoms with Crippen LogP contribution in [0, 0.1) is 0 Å². The molecule has 0 radical (unpaired) electrons. The van der Waals surface area contributed by atoms with Gasteiger partial charge in [0.25, 0.3) is 0 Å². The van der Waals surface area contributed by atoms with E-state index in [4.69, 9.17) is 23.8 Å². The van der Waals surface area contributed by atoms with E-state index >= 15 is 0 Å². The number of azo groups is 1. The third-order valence-electron chi connectivity index (χ3n) is 2.17. The summed E-state index contributed by atoms with van der Waals surface area (Å²) in [4.78, 5) is 2.78. The fourth-order valence-electron chi connectivity index (χ4n) is 1.38. The van der Waals surface area contributed by atoms with Crippen molar-refractivity contribution in [2.75, 3.05) is 7.05 Å². The van der Waals surface area contributed by atoms with Crippen LogP contribution >= 0.6 is 23.8 Å². The van der Waals surface area contributed by atoms with E-state index in [-0.39, 0.29) is 11.0 Å². The lowest BCUT2D eigenvalue weighted by molar-refractivity contribution is 0.459. The van der Waals surface area contributed by atoms with Gasteiger partial charge in [-0.25, -0.2) is 0 Å². The van der Waals surface area contributed by atoms with Crippen molar-refractivity contribution in [3.05, 3.63) is 23.2 Å². The Bertz CT molecular complexity index is 608. The van der Waals surface area contributed by atoms with Crippen molar-refractivity contribution in [2.45, 2.75) is 0 Å². The number of nitrogens with one attached hydrogen (secondary N) is 2. The highest BCUT2D eigenvalue weighted by atomic mass is 35.5. The van der Waals surface area contributed by atoms with Gasteiger partial charge in [-0.15, -0.1) is 10.2 Å². The van der Waals surface area contributed by atoms with Crippen LogP contribution in [-0.4, -0.2) is 22.3 Å². The largest absolute Gasteiger partial charge is 0.493 e. The van der Waals surface area contributed by atoms with Crippen LogP contribution in [0.15, 0.2) is 28.4 Å².